The van der Waals surface area contributed by atoms with Crippen LogP contribution in [0.4, 0.5) is 0 Å². The third-order valence-electron chi connectivity index (χ3n) is 6.48. The Kier molecular flexibility index (Phi) is 11.1. The van der Waals surface area contributed by atoms with Crippen molar-refractivity contribution in [3.05, 3.63) is 119 Å². The summed E-state index contributed by atoms with van der Waals surface area (Å²) in [5, 5.41) is 0. The summed E-state index contributed by atoms with van der Waals surface area (Å²) in [6.07, 6.45) is 6.16. The van der Waals surface area contributed by atoms with Crippen molar-refractivity contribution in [2.45, 2.75) is 52.4 Å². The normalized spacial score (nSPS) is 10.0. The number of carbonyl (C=O) groups is 2. The fourth-order valence-electron chi connectivity index (χ4n) is 4.00. The van der Waals surface area contributed by atoms with Gasteiger partial charge in [-0.2, -0.15) is 0 Å². The predicted octanol–water partition coefficient (Wildman–Crippen LogP) is 8.88. The maximum atomic E-state index is 12.6. The van der Waals surface area contributed by atoms with Crippen molar-refractivity contribution in [2.24, 2.45) is 0 Å². The lowest BCUT2D eigenvalue weighted by Gasteiger charge is -2.08. The average molecular weight is 555 g/mol. The van der Waals surface area contributed by atoms with E-state index in [4.69, 9.17) is 9.47 Å². The minimum atomic E-state index is -0.422. The van der Waals surface area contributed by atoms with Gasteiger partial charge in [-0.25, -0.2) is 9.59 Å². The molecule has 0 saturated heterocycles. The smallest absolute Gasteiger partial charge is 0.343 e. The zero-order chi connectivity index (χ0) is 29.6. The quantitative estimate of drug-likeness (QED) is 0.0897. The van der Waals surface area contributed by atoms with E-state index in [0.717, 1.165) is 60.8 Å². The first kappa shape index (κ1) is 29.9. The van der Waals surface area contributed by atoms with Crippen molar-refractivity contribution in [1.82, 2.24) is 0 Å². The number of hydrogen-bond donors (Lipinski definition) is 0. The summed E-state index contributed by atoms with van der Waals surface area (Å²) in [5.41, 5.74) is 4.57. The molecule has 0 aliphatic heterocycles. The molecule has 0 radical (unpaired) electrons. The topological polar surface area (TPSA) is 52.6 Å². The van der Waals surface area contributed by atoms with E-state index in [-0.39, 0.29) is 0 Å². The van der Waals surface area contributed by atoms with Crippen LogP contribution in [0.15, 0.2) is 97.1 Å². The molecule has 0 fully saturated rings. The molecule has 42 heavy (non-hydrogen) atoms. The van der Waals surface area contributed by atoms with E-state index in [2.05, 4.69) is 37.5 Å². The fourth-order valence-corrected chi connectivity index (χ4v) is 4.00. The lowest BCUT2D eigenvalue weighted by atomic mass is 10.1. The number of unbranched alkanes of at least 4 members (excludes halogenated alkanes) is 4. The van der Waals surface area contributed by atoms with Crippen molar-refractivity contribution in [3.63, 3.8) is 0 Å². The first-order chi connectivity index (χ1) is 20.6. The molecule has 0 unspecified atom stereocenters. The molecule has 0 atom stereocenters. The van der Waals surface area contributed by atoms with Gasteiger partial charge in [-0.15, -0.1) is 0 Å². The minimum Gasteiger partial charge on any atom is -0.423 e. The van der Waals surface area contributed by atoms with E-state index >= 15 is 0 Å². The van der Waals surface area contributed by atoms with Gasteiger partial charge in [-0.3, -0.25) is 0 Å². The summed E-state index contributed by atoms with van der Waals surface area (Å²) in [7, 11) is 0. The van der Waals surface area contributed by atoms with Crippen LogP contribution in [-0.4, -0.2) is 11.9 Å². The van der Waals surface area contributed by atoms with Crippen LogP contribution >= 0.6 is 0 Å². The van der Waals surface area contributed by atoms with Crippen LogP contribution in [0.3, 0.4) is 0 Å². The fraction of sp³-hybridized carbons (Fsp3) is 0.211. The molecule has 0 aliphatic carbocycles. The molecule has 0 N–H and O–H groups in total. The molecule has 4 aromatic rings. The summed E-state index contributed by atoms with van der Waals surface area (Å²) >= 11 is 0. The summed E-state index contributed by atoms with van der Waals surface area (Å²) in [5.74, 6) is 12.6. The Balaban J connectivity index is 1.30. The van der Waals surface area contributed by atoms with Crippen LogP contribution in [0.5, 0.6) is 11.5 Å². The highest BCUT2D eigenvalue weighted by atomic mass is 16.5. The van der Waals surface area contributed by atoms with Crippen LogP contribution in [0.2, 0.25) is 0 Å². The molecular formula is C38H34O4. The highest BCUT2D eigenvalue weighted by molar-refractivity contribution is 5.92. The summed E-state index contributed by atoms with van der Waals surface area (Å²) < 4.78 is 11.1. The number of carbonyl (C=O) groups excluding carboxylic acids is 2. The Bertz CT molecular complexity index is 1470. The highest BCUT2D eigenvalue weighted by Crippen LogP contribution is 2.25. The van der Waals surface area contributed by atoms with Crippen LogP contribution in [-0.2, 0) is 0 Å². The molecule has 0 spiro atoms. The van der Waals surface area contributed by atoms with Gasteiger partial charge in [0.2, 0.25) is 0 Å². The molecule has 0 aliphatic rings. The van der Waals surface area contributed by atoms with Crippen molar-refractivity contribution < 1.29 is 19.1 Å². The second-order valence-corrected chi connectivity index (χ2v) is 9.79. The number of esters is 2. The SMILES string of the molecule is CCCCC#Cc1ccc(C(=O)Oc2ccc(-c3ccc(OC(=O)c4ccc(C#CCCCC)cc4)cc3)cc2)cc1. The van der Waals surface area contributed by atoms with Gasteiger partial charge in [0, 0.05) is 24.0 Å². The largest absolute Gasteiger partial charge is 0.423 e. The van der Waals surface area contributed by atoms with Crippen LogP contribution in [0, 0.1) is 23.7 Å². The maximum absolute atomic E-state index is 12.6. The molecule has 4 nitrogen and oxygen atoms in total. The Morgan fingerprint density at radius 2 is 0.881 bits per heavy atom. The van der Waals surface area contributed by atoms with Crippen molar-refractivity contribution in [2.75, 3.05) is 0 Å². The van der Waals surface area contributed by atoms with Gasteiger partial charge in [0.05, 0.1) is 11.1 Å². The van der Waals surface area contributed by atoms with Gasteiger partial charge in [-0.1, -0.05) is 74.6 Å². The van der Waals surface area contributed by atoms with E-state index < -0.39 is 11.9 Å². The Hall–Kier alpha value is -5.06. The lowest BCUT2D eigenvalue weighted by Crippen LogP contribution is -2.08. The van der Waals surface area contributed by atoms with Crippen molar-refractivity contribution in [1.29, 1.82) is 0 Å². The molecule has 4 heteroatoms. The van der Waals surface area contributed by atoms with Gasteiger partial charge >= 0.3 is 11.9 Å². The zero-order valence-corrected chi connectivity index (χ0v) is 24.1. The van der Waals surface area contributed by atoms with Gasteiger partial charge in [0.25, 0.3) is 0 Å². The summed E-state index contributed by atoms with van der Waals surface area (Å²) in [4.78, 5) is 25.2. The molecule has 0 bridgehead atoms. The van der Waals surface area contributed by atoms with Gasteiger partial charge in [0.1, 0.15) is 11.5 Å². The Morgan fingerprint density at radius 3 is 1.21 bits per heavy atom. The van der Waals surface area contributed by atoms with Crippen molar-refractivity contribution >= 4 is 11.9 Å². The number of rotatable bonds is 9. The minimum absolute atomic E-state index is 0.422. The molecule has 0 heterocycles. The van der Waals surface area contributed by atoms with Crippen LogP contribution in [0.1, 0.15) is 84.2 Å². The first-order valence-corrected chi connectivity index (χ1v) is 14.4. The number of ether oxygens (including phenoxy) is 2. The Labute approximate surface area is 248 Å². The van der Waals surface area contributed by atoms with E-state index in [0.29, 0.717) is 22.6 Å². The third kappa shape index (κ3) is 8.98. The maximum Gasteiger partial charge on any atom is 0.343 e. The summed E-state index contributed by atoms with van der Waals surface area (Å²) in [6, 6.07) is 28.8. The summed E-state index contributed by atoms with van der Waals surface area (Å²) in [6.45, 7) is 4.28. The van der Waals surface area contributed by atoms with Crippen LogP contribution < -0.4 is 9.47 Å². The van der Waals surface area contributed by atoms with Gasteiger partial charge < -0.3 is 9.47 Å². The molecule has 0 aromatic heterocycles. The molecule has 0 saturated carbocycles. The average Bonchev–Trinajstić information content (AvgIpc) is 3.03. The van der Waals surface area contributed by atoms with Crippen molar-refractivity contribution in [3.8, 4) is 46.3 Å². The predicted molar refractivity (Wildman–Crippen MR) is 167 cm³/mol. The highest BCUT2D eigenvalue weighted by Gasteiger charge is 2.10. The zero-order valence-electron chi connectivity index (χ0n) is 24.1. The van der Waals surface area contributed by atoms with E-state index in [1.54, 1.807) is 48.5 Å². The van der Waals surface area contributed by atoms with E-state index in [1.807, 2.05) is 48.5 Å². The lowest BCUT2D eigenvalue weighted by molar-refractivity contribution is 0.0725. The third-order valence-corrected chi connectivity index (χ3v) is 6.48. The molecule has 4 aromatic carbocycles. The molecule has 210 valence electrons. The Morgan fingerprint density at radius 1 is 0.524 bits per heavy atom. The van der Waals surface area contributed by atoms with E-state index in [9.17, 15) is 9.59 Å². The first-order valence-electron chi connectivity index (χ1n) is 14.4. The molecule has 0 amide bonds. The second-order valence-electron chi connectivity index (χ2n) is 9.79. The van der Waals surface area contributed by atoms with Gasteiger partial charge in [-0.05, 0) is 96.8 Å². The molecule has 4 rings (SSSR count). The molecular weight excluding hydrogens is 520 g/mol. The van der Waals surface area contributed by atoms with E-state index in [1.165, 1.54) is 0 Å². The van der Waals surface area contributed by atoms with Gasteiger partial charge in [0.15, 0.2) is 0 Å². The second kappa shape index (κ2) is 15.7. The number of hydrogen-bond acceptors (Lipinski definition) is 4. The standard InChI is InChI=1S/C38H34O4/c1-3-5-7-9-11-29-13-17-33(18-14-29)37(39)41-35-25-21-31(22-26-35)32-23-27-36(28-24-32)42-38(40)34-19-15-30(16-20-34)12-10-8-6-4-2/h13-28H,3-8H2,1-2H3. The number of benzene rings is 4. The monoisotopic (exact) mass is 554 g/mol. The van der Waals surface area contributed by atoms with Crippen LogP contribution in [0.25, 0.3) is 11.1 Å².